The van der Waals surface area contributed by atoms with Gasteiger partial charge in [0.1, 0.15) is 18.5 Å². The maximum Gasteiger partial charge on any atom is 0.121 e. The molecular weight excluding hydrogens is 309 g/mol. The molecule has 2 N–H and O–H groups in total. The second kappa shape index (κ2) is 6.74. The topological polar surface area (TPSA) is 41.5 Å². The van der Waals surface area contributed by atoms with Crippen LogP contribution in [0.25, 0.3) is 0 Å². The molecule has 2 bridgehead atoms. The maximum absolute atomic E-state index is 10.0. The average molecular weight is 330 g/mol. The second-order valence-electron chi connectivity index (χ2n) is 6.23. The van der Waals surface area contributed by atoms with Crippen molar-refractivity contribution in [1.29, 1.82) is 0 Å². The molecule has 116 valence electrons. The molecule has 2 aliphatic rings. The standard InChI is InChI=1S/C16H21Cl2NO2/c17-14-4-3-13(7-15(14)18)21-9-12(20)8-19-16-6-10-1-2-11(16)5-10/h3-4,7,10-12,16,19-20H,1-2,5-6,8-9H2. The highest BCUT2D eigenvalue weighted by atomic mass is 35.5. The normalized spacial score (nSPS) is 28.8. The third-order valence-corrected chi connectivity index (χ3v) is 5.43. The highest BCUT2D eigenvalue weighted by Crippen LogP contribution is 2.44. The molecule has 0 aliphatic heterocycles. The number of hydrogen-bond acceptors (Lipinski definition) is 3. The molecule has 3 rings (SSSR count). The summed E-state index contributed by atoms with van der Waals surface area (Å²) in [5.74, 6) is 2.36. The molecule has 0 heterocycles. The Balaban J connectivity index is 1.40. The fourth-order valence-electron chi connectivity index (χ4n) is 3.60. The van der Waals surface area contributed by atoms with Crippen molar-refractivity contribution in [3.63, 3.8) is 0 Å². The highest BCUT2D eigenvalue weighted by molar-refractivity contribution is 6.42. The smallest absolute Gasteiger partial charge is 0.121 e. The monoisotopic (exact) mass is 329 g/mol. The molecule has 0 radical (unpaired) electrons. The summed E-state index contributed by atoms with van der Waals surface area (Å²) in [6, 6.07) is 5.70. The van der Waals surface area contributed by atoms with Gasteiger partial charge in [-0.25, -0.2) is 0 Å². The Kier molecular flexibility index (Phi) is 4.95. The first-order valence-electron chi connectivity index (χ1n) is 7.61. The van der Waals surface area contributed by atoms with Gasteiger partial charge < -0.3 is 15.2 Å². The Morgan fingerprint density at radius 2 is 2.10 bits per heavy atom. The van der Waals surface area contributed by atoms with Crippen LogP contribution in [0.4, 0.5) is 0 Å². The predicted octanol–water partition coefficient (Wildman–Crippen LogP) is 3.51. The molecule has 1 aromatic carbocycles. The van der Waals surface area contributed by atoms with Crippen LogP contribution >= 0.6 is 23.2 Å². The van der Waals surface area contributed by atoms with Crippen LogP contribution in [0.5, 0.6) is 5.75 Å². The molecule has 2 aliphatic carbocycles. The van der Waals surface area contributed by atoms with Gasteiger partial charge in [-0.05, 0) is 43.2 Å². The van der Waals surface area contributed by atoms with Gasteiger partial charge in [0.15, 0.2) is 0 Å². The van der Waals surface area contributed by atoms with E-state index >= 15 is 0 Å². The Morgan fingerprint density at radius 1 is 1.24 bits per heavy atom. The first-order valence-corrected chi connectivity index (χ1v) is 8.36. The van der Waals surface area contributed by atoms with Crippen molar-refractivity contribution in [2.45, 2.75) is 37.8 Å². The second-order valence-corrected chi connectivity index (χ2v) is 7.04. The van der Waals surface area contributed by atoms with Crippen molar-refractivity contribution in [2.75, 3.05) is 13.2 Å². The lowest BCUT2D eigenvalue weighted by Gasteiger charge is -2.24. The minimum Gasteiger partial charge on any atom is -0.491 e. The number of hydrogen-bond donors (Lipinski definition) is 2. The summed E-state index contributed by atoms with van der Waals surface area (Å²) in [5, 5.41) is 14.5. The van der Waals surface area contributed by atoms with Crippen molar-refractivity contribution in [2.24, 2.45) is 11.8 Å². The van der Waals surface area contributed by atoms with Crippen molar-refractivity contribution < 1.29 is 9.84 Å². The van der Waals surface area contributed by atoms with E-state index in [1.165, 1.54) is 25.7 Å². The van der Waals surface area contributed by atoms with E-state index in [0.29, 0.717) is 28.4 Å². The molecule has 1 aromatic rings. The molecule has 5 heteroatoms. The van der Waals surface area contributed by atoms with Crippen molar-refractivity contribution >= 4 is 23.2 Å². The van der Waals surface area contributed by atoms with E-state index in [2.05, 4.69) is 5.32 Å². The fourth-order valence-corrected chi connectivity index (χ4v) is 3.89. The zero-order valence-corrected chi connectivity index (χ0v) is 13.4. The van der Waals surface area contributed by atoms with E-state index in [0.717, 1.165) is 11.8 Å². The van der Waals surface area contributed by atoms with Crippen LogP contribution in [0.2, 0.25) is 10.0 Å². The Bertz CT molecular complexity index is 497. The number of benzene rings is 1. The van der Waals surface area contributed by atoms with Crippen LogP contribution in [-0.4, -0.2) is 30.4 Å². The van der Waals surface area contributed by atoms with Gasteiger partial charge >= 0.3 is 0 Å². The number of aliphatic hydroxyl groups excluding tert-OH is 1. The number of aliphatic hydroxyl groups is 1. The third-order valence-electron chi connectivity index (χ3n) is 4.69. The van der Waals surface area contributed by atoms with Crippen molar-refractivity contribution in [3.8, 4) is 5.75 Å². The van der Waals surface area contributed by atoms with Crippen LogP contribution in [-0.2, 0) is 0 Å². The molecule has 21 heavy (non-hydrogen) atoms. The number of fused-ring (bicyclic) bond motifs is 2. The molecular formula is C16H21Cl2NO2. The largest absolute Gasteiger partial charge is 0.491 e. The summed E-state index contributed by atoms with van der Waals surface area (Å²) in [6.45, 7) is 0.834. The lowest BCUT2D eigenvalue weighted by atomic mass is 9.95. The summed E-state index contributed by atoms with van der Waals surface area (Å²) in [5.41, 5.74) is 0. The van der Waals surface area contributed by atoms with E-state index in [1.807, 2.05) is 0 Å². The Hall–Kier alpha value is -0.480. The highest BCUT2D eigenvalue weighted by Gasteiger charge is 2.39. The summed E-state index contributed by atoms with van der Waals surface area (Å²) in [6.07, 6.45) is 4.86. The number of nitrogens with one attached hydrogen (secondary N) is 1. The summed E-state index contributed by atoms with van der Waals surface area (Å²) < 4.78 is 5.55. The lowest BCUT2D eigenvalue weighted by molar-refractivity contribution is 0.101. The molecule has 0 amide bonds. The van der Waals surface area contributed by atoms with Gasteiger partial charge in [-0.15, -0.1) is 0 Å². The first kappa shape index (κ1) is 15.4. The van der Waals surface area contributed by atoms with E-state index < -0.39 is 6.10 Å². The van der Waals surface area contributed by atoms with Crippen LogP contribution < -0.4 is 10.1 Å². The SMILES string of the molecule is OC(CNC1CC2CCC1C2)COc1ccc(Cl)c(Cl)c1. The quantitative estimate of drug-likeness (QED) is 0.839. The molecule has 4 atom stereocenters. The van der Waals surface area contributed by atoms with Gasteiger partial charge in [0.2, 0.25) is 0 Å². The number of ether oxygens (including phenoxy) is 1. The molecule has 0 spiro atoms. The van der Waals surface area contributed by atoms with Gasteiger partial charge in [0.25, 0.3) is 0 Å². The maximum atomic E-state index is 10.0. The first-order chi connectivity index (χ1) is 10.1. The summed E-state index contributed by atoms with van der Waals surface area (Å²) >= 11 is 11.8. The molecule has 3 nitrogen and oxygen atoms in total. The van der Waals surface area contributed by atoms with Crippen LogP contribution in [0.1, 0.15) is 25.7 Å². The van der Waals surface area contributed by atoms with Gasteiger partial charge in [-0.1, -0.05) is 29.6 Å². The van der Waals surface area contributed by atoms with Crippen LogP contribution in [0, 0.1) is 11.8 Å². The van der Waals surface area contributed by atoms with Crippen LogP contribution in [0.15, 0.2) is 18.2 Å². The van der Waals surface area contributed by atoms with Crippen molar-refractivity contribution in [3.05, 3.63) is 28.2 Å². The van der Waals surface area contributed by atoms with Gasteiger partial charge in [-0.2, -0.15) is 0 Å². The predicted molar refractivity (Wildman–Crippen MR) is 85.2 cm³/mol. The minimum atomic E-state index is -0.515. The van der Waals surface area contributed by atoms with Gasteiger partial charge in [0, 0.05) is 18.7 Å². The van der Waals surface area contributed by atoms with E-state index in [-0.39, 0.29) is 6.61 Å². The van der Waals surface area contributed by atoms with Crippen molar-refractivity contribution in [1.82, 2.24) is 5.32 Å². The molecule has 2 saturated carbocycles. The lowest BCUT2D eigenvalue weighted by Crippen LogP contribution is -2.40. The van der Waals surface area contributed by atoms with E-state index in [1.54, 1.807) is 18.2 Å². The number of rotatable bonds is 6. The third kappa shape index (κ3) is 3.84. The fraction of sp³-hybridized carbons (Fsp3) is 0.625. The van der Waals surface area contributed by atoms with E-state index in [4.69, 9.17) is 27.9 Å². The zero-order valence-electron chi connectivity index (χ0n) is 11.9. The molecule has 2 fully saturated rings. The van der Waals surface area contributed by atoms with Crippen LogP contribution in [0.3, 0.4) is 0 Å². The van der Waals surface area contributed by atoms with E-state index in [9.17, 15) is 5.11 Å². The van der Waals surface area contributed by atoms with Gasteiger partial charge in [-0.3, -0.25) is 0 Å². The molecule has 0 aromatic heterocycles. The number of halogens is 2. The molecule has 4 unspecified atom stereocenters. The molecule has 0 saturated heterocycles. The summed E-state index contributed by atoms with van der Waals surface area (Å²) in [4.78, 5) is 0. The minimum absolute atomic E-state index is 0.256. The zero-order chi connectivity index (χ0) is 14.8. The summed E-state index contributed by atoms with van der Waals surface area (Å²) in [7, 11) is 0. The average Bonchev–Trinajstić information content (AvgIpc) is 3.09. The van der Waals surface area contributed by atoms with Gasteiger partial charge in [0.05, 0.1) is 10.0 Å². The Morgan fingerprint density at radius 3 is 2.76 bits per heavy atom. The Labute approximate surface area is 135 Å².